The number of carbonyl (C=O) groups is 2. The van der Waals surface area contributed by atoms with Crippen LogP contribution >= 0.6 is 0 Å². The number of aliphatic hydroxyl groups excluding tert-OH is 1. The van der Waals surface area contributed by atoms with Gasteiger partial charge in [-0.15, -0.1) is 6.58 Å². The summed E-state index contributed by atoms with van der Waals surface area (Å²) >= 11 is 0. The van der Waals surface area contributed by atoms with E-state index in [1.54, 1.807) is 6.92 Å². The Hall–Kier alpha value is -1.42. The Morgan fingerprint density at radius 1 is 1.69 bits per heavy atom. The van der Waals surface area contributed by atoms with Crippen molar-refractivity contribution in [3.05, 3.63) is 24.3 Å². The van der Waals surface area contributed by atoms with E-state index in [2.05, 4.69) is 6.58 Å². The first kappa shape index (κ1) is 11.1. The Morgan fingerprint density at radius 3 is 3.00 bits per heavy atom. The number of esters is 1. The average molecular weight is 222 g/mol. The molecule has 3 atom stereocenters. The lowest BCUT2D eigenvalue weighted by Gasteiger charge is -2.35. The summed E-state index contributed by atoms with van der Waals surface area (Å²) in [6.07, 6.45) is 2.01. The molecule has 2 aliphatic rings. The largest absolute Gasteiger partial charge is 0.464 e. The van der Waals surface area contributed by atoms with E-state index in [1.165, 1.54) is 12.2 Å². The molecule has 0 bridgehead atoms. The summed E-state index contributed by atoms with van der Waals surface area (Å²) in [4.78, 5) is 23.5. The smallest absolute Gasteiger partial charge is 0.316 e. The van der Waals surface area contributed by atoms with Gasteiger partial charge in [0.2, 0.25) is 0 Å². The number of hydrogen-bond acceptors (Lipinski definition) is 4. The van der Waals surface area contributed by atoms with Crippen molar-refractivity contribution in [1.29, 1.82) is 0 Å². The van der Waals surface area contributed by atoms with Crippen LogP contribution in [0.15, 0.2) is 24.3 Å². The third kappa shape index (κ3) is 1.33. The van der Waals surface area contributed by atoms with Gasteiger partial charge in [0.1, 0.15) is 12.0 Å². The van der Waals surface area contributed by atoms with Crippen molar-refractivity contribution in [1.82, 2.24) is 0 Å². The van der Waals surface area contributed by atoms with Gasteiger partial charge in [0.25, 0.3) is 0 Å². The lowest BCUT2D eigenvalue weighted by atomic mass is 9.65. The van der Waals surface area contributed by atoms with E-state index in [9.17, 15) is 14.7 Å². The minimum absolute atomic E-state index is 0.0619. The first-order valence-electron chi connectivity index (χ1n) is 5.20. The lowest BCUT2D eigenvalue weighted by Crippen LogP contribution is -2.48. The SMILES string of the molecule is C=C(C)C[C@]12C(=O)OC[C@H]1C(=O)C=C[C@H]2O. The van der Waals surface area contributed by atoms with Gasteiger partial charge < -0.3 is 9.84 Å². The summed E-state index contributed by atoms with van der Waals surface area (Å²) in [6, 6.07) is 0. The summed E-state index contributed by atoms with van der Waals surface area (Å²) in [5, 5.41) is 9.99. The molecule has 1 aliphatic carbocycles. The number of cyclic esters (lactones) is 1. The van der Waals surface area contributed by atoms with Gasteiger partial charge in [0.15, 0.2) is 5.78 Å². The van der Waals surface area contributed by atoms with Gasteiger partial charge in [0, 0.05) is 0 Å². The molecule has 1 N–H and O–H groups in total. The van der Waals surface area contributed by atoms with Crippen molar-refractivity contribution < 1.29 is 19.4 Å². The highest BCUT2D eigenvalue weighted by molar-refractivity contribution is 6.00. The molecule has 1 fully saturated rings. The maximum Gasteiger partial charge on any atom is 0.316 e. The second-order valence-electron chi connectivity index (χ2n) is 4.53. The van der Waals surface area contributed by atoms with Crippen LogP contribution in [0, 0.1) is 11.3 Å². The standard InChI is InChI=1S/C12H14O4/c1-7(2)5-12-8(6-16-11(12)15)9(13)3-4-10(12)14/h3-4,8,10,14H,1,5-6H2,2H3/t8-,10+,12-/m0/s1. The van der Waals surface area contributed by atoms with Crippen LogP contribution in [0.5, 0.6) is 0 Å². The number of fused-ring (bicyclic) bond motifs is 1. The van der Waals surface area contributed by atoms with Crippen LogP contribution in [0.3, 0.4) is 0 Å². The van der Waals surface area contributed by atoms with E-state index in [0.29, 0.717) is 0 Å². The van der Waals surface area contributed by atoms with Crippen molar-refractivity contribution >= 4 is 11.8 Å². The number of ketones is 1. The van der Waals surface area contributed by atoms with E-state index in [-0.39, 0.29) is 18.8 Å². The number of hydrogen-bond donors (Lipinski definition) is 1. The number of ether oxygens (including phenoxy) is 1. The van der Waals surface area contributed by atoms with E-state index >= 15 is 0 Å². The molecule has 0 aromatic rings. The monoisotopic (exact) mass is 222 g/mol. The zero-order valence-electron chi connectivity index (χ0n) is 9.10. The fraction of sp³-hybridized carbons (Fsp3) is 0.500. The molecule has 1 heterocycles. The van der Waals surface area contributed by atoms with Gasteiger partial charge in [-0.05, 0) is 19.4 Å². The average Bonchev–Trinajstić information content (AvgIpc) is 2.52. The van der Waals surface area contributed by atoms with Crippen molar-refractivity contribution in [3.63, 3.8) is 0 Å². The fourth-order valence-corrected chi connectivity index (χ4v) is 2.52. The third-order valence-corrected chi connectivity index (χ3v) is 3.29. The molecule has 16 heavy (non-hydrogen) atoms. The van der Waals surface area contributed by atoms with Crippen molar-refractivity contribution in [2.24, 2.45) is 11.3 Å². The van der Waals surface area contributed by atoms with E-state index in [0.717, 1.165) is 5.57 Å². The second-order valence-corrected chi connectivity index (χ2v) is 4.53. The van der Waals surface area contributed by atoms with E-state index in [4.69, 9.17) is 4.74 Å². The zero-order valence-corrected chi connectivity index (χ0v) is 9.10. The Labute approximate surface area is 93.6 Å². The van der Waals surface area contributed by atoms with Crippen LogP contribution in [0.25, 0.3) is 0 Å². The topological polar surface area (TPSA) is 63.6 Å². The molecule has 0 aromatic carbocycles. The summed E-state index contributed by atoms with van der Waals surface area (Å²) in [7, 11) is 0. The minimum atomic E-state index is -1.14. The molecule has 4 heteroatoms. The van der Waals surface area contributed by atoms with Crippen LogP contribution in [-0.4, -0.2) is 29.6 Å². The molecule has 0 aromatic heterocycles. The Kier molecular flexibility index (Phi) is 2.46. The normalized spacial score (nSPS) is 37.1. The minimum Gasteiger partial charge on any atom is -0.464 e. The van der Waals surface area contributed by atoms with Gasteiger partial charge in [-0.3, -0.25) is 9.59 Å². The Bertz CT molecular complexity index is 396. The second kappa shape index (κ2) is 3.56. The first-order valence-corrected chi connectivity index (χ1v) is 5.20. The highest BCUT2D eigenvalue weighted by Crippen LogP contribution is 2.46. The summed E-state index contributed by atoms with van der Waals surface area (Å²) in [5.74, 6) is -1.22. The zero-order chi connectivity index (χ0) is 11.9. The molecule has 0 amide bonds. The van der Waals surface area contributed by atoms with Gasteiger partial charge in [-0.25, -0.2) is 0 Å². The number of carbonyl (C=O) groups excluding carboxylic acids is 2. The molecule has 0 unspecified atom stereocenters. The van der Waals surface area contributed by atoms with Crippen molar-refractivity contribution in [3.8, 4) is 0 Å². The van der Waals surface area contributed by atoms with E-state index < -0.39 is 23.4 Å². The lowest BCUT2D eigenvalue weighted by molar-refractivity contribution is -0.152. The van der Waals surface area contributed by atoms with Gasteiger partial charge in [-0.1, -0.05) is 11.6 Å². The molecule has 86 valence electrons. The van der Waals surface area contributed by atoms with Crippen LogP contribution in [0.2, 0.25) is 0 Å². The molecule has 0 radical (unpaired) electrons. The summed E-state index contributed by atoms with van der Waals surface area (Å²) in [6.45, 7) is 5.58. The highest BCUT2D eigenvalue weighted by atomic mass is 16.5. The molecule has 0 spiro atoms. The maximum absolute atomic E-state index is 11.8. The van der Waals surface area contributed by atoms with Crippen molar-refractivity contribution in [2.75, 3.05) is 6.61 Å². The molecule has 1 aliphatic heterocycles. The Balaban J connectivity index is 2.48. The van der Waals surface area contributed by atoms with Crippen LogP contribution < -0.4 is 0 Å². The Morgan fingerprint density at radius 2 is 2.38 bits per heavy atom. The fourth-order valence-electron chi connectivity index (χ4n) is 2.52. The maximum atomic E-state index is 11.8. The van der Waals surface area contributed by atoms with Crippen LogP contribution in [0.4, 0.5) is 0 Å². The molecular weight excluding hydrogens is 208 g/mol. The predicted octanol–water partition coefficient (Wildman–Crippen LogP) is 0.612. The molecular formula is C12H14O4. The van der Waals surface area contributed by atoms with Crippen LogP contribution in [-0.2, 0) is 14.3 Å². The molecule has 1 saturated heterocycles. The van der Waals surface area contributed by atoms with Crippen LogP contribution in [0.1, 0.15) is 13.3 Å². The molecule has 0 saturated carbocycles. The van der Waals surface area contributed by atoms with Gasteiger partial charge in [0.05, 0.1) is 12.0 Å². The summed E-state index contributed by atoms with van der Waals surface area (Å²) in [5.41, 5.74) is -0.386. The summed E-state index contributed by atoms with van der Waals surface area (Å²) < 4.78 is 4.94. The van der Waals surface area contributed by atoms with E-state index in [1.807, 2.05) is 0 Å². The third-order valence-electron chi connectivity index (χ3n) is 3.29. The highest BCUT2D eigenvalue weighted by Gasteiger charge is 2.59. The molecule has 2 rings (SSSR count). The number of allylic oxidation sites excluding steroid dienone is 2. The van der Waals surface area contributed by atoms with Gasteiger partial charge >= 0.3 is 5.97 Å². The number of rotatable bonds is 2. The molecule has 4 nitrogen and oxygen atoms in total. The first-order chi connectivity index (χ1) is 7.48. The number of aliphatic hydroxyl groups is 1. The van der Waals surface area contributed by atoms with Crippen molar-refractivity contribution in [2.45, 2.75) is 19.4 Å². The quantitative estimate of drug-likeness (QED) is 0.549. The van der Waals surface area contributed by atoms with Gasteiger partial charge in [-0.2, -0.15) is 0 Å². The predicted molar refractivity (Wildman–Crippen MR) is 56.5 cm³/mol.